The molecule has 90 valence electrons. The number of nitrogens with one attached hydrogen (secondary N) is 1. The molecule has 1 aromatic rings. The quantitative estimate of drug-likeness (QED) is 0.787. The summed E-state index contributed by atoms with van der Waals surface area (Å²) in [6, 6.07) is 2.17. The minimum Gasteiger partial charge on any atom is -0.476 e. The van der Waals surface area contributed by atoms with Crippen LogP contribution in [0.25, 0.3) is 0 Å². The van der Waals surface area contributed by atoms with Crippen LogP contribution < -0.4 is 10.1 Å². The minimum atomic E-state index is 0.351. The second-order valence-electron chi connectivity index (χ2n) is 4.19. The van der Waals surface area contributed by atoms with Crippen molar-refractivity contribution in [3.05, 3.63) is 12.4 Å². The molecule has 16 heavy (non-hydrogen) atoms. The molecule has 1 rings (SSSR count). The van der Waals surface area contributed by atoms with Gasteiger partial charge in [-0.2, -0.15) is 0 Å². The lowest BCUT2D eigenvalue weighted by molar-refractivity contribution is 0.253. The zero-order valence-electron chi connectivity index (χ0n) is 10.4. The van der Waals surface area contributed by atoms with E-state index in [0.29, 0.717) is 18.5 Å². The van der Waals surface area contributed by atoms with E-state index in [1.54, 1.807) is 0 Å². The lowest BCUT2D eigenvalue weighted by atomic mass is 10.4. The first kappa shape index (κ1) is 12.7. The first-order valence-corrected chi connectivity index (χ1v) is 5.44. The molecule has 0 aliphatic carbocycles. The monoisotopic (exact) mass is 224 g/mol. The smallest absolute Gasteiger partial charge is 0.218 e. The van der Waals surface area contributed by atoms with Crippen molar-refractivity contribution >= 4 is 5.82 Å². The molecule has 0 aliphatic rings. The van der Waals surface area contributed by atoms with E-state index in [9.17, 15) is 0 Å². The van der Waals surface area contributed by atoms with Crippen molar-refractivity contribution in [3.8, 4) is 5.88 Å². The van der Waals surface area contributed by atoms with Crippen LogP contribution in [0.15, 0.2) is 12.4 Å². The van der Waals surface area contributed by atoms with Crippen LogP contribution in [-0.2, 0) is 0 Å². The summed E-state index contributed by atoms with van der Waals surface area (Å²) in [6.07, 6.45) is 1.51. The molecule has 0 radical (unpaired) electrons. The third kappa shape index (κ3) is 4.93. The predicted molar refractivity (Wildman–Crippen MR) is 64.8 cm³/mol. The molecular weight excluding hydrogens is 204 g/mol. The highest BCUT2D eigenvalue weighted by Gasteiger charge is 2.01. The van der Waals surface area contributed by atoms with Gasteiger partial charge in [0.2, 0.25) is 5.88 Å². The molecule has 0 saturated heterocycles. The Labute approximate surface area is 96.8 Å². The van der Waals surface area contributed by atoms with Crippen LogP contribution in [-0.4, -0.2) is 48.2 Å². The maximum absolute atomic E-state index is 5.51. The van der Waals surface area contributed by atoms with Crippen molar-refractivity contribution in [2.45, 2.75) is 19.9 Å². The summed E-state index contributed by atoms with van der Waals surface area (Å²) in [7, 11) is 4.02. The van der Waals surface area contributed by atoms with Gasteiger partial charge >= 0.3 is 0 Å². The van der Waals surface area contributed by atoms with Gasteiger partial charge in [0.25, 0.3) is 0 Å². The van der Waals surface area contributed by atoms with Gasteiger partial charge in [-0.05, 0) is 27.9 Å². The molecule has 1 heterocycles. The molecule has 0 amide bonds. The molecule has 0 bridgehead atoms. The van der Waals surface area contributed by atoms with E-state index in [-0.39, 0.29) is 0 Å². The summed E-state index contributed by atoms with van der Waals surface area (Å²) in [5.74, 6) is 1.41. The van der Waals surface area contributed by atoms with E-state index in [1.807, 2.05) is 20.2 Å². The highest BCUT2D eigenvalue weighted by atomic mass is 16.5. The summed E-state index contributed by atoms with van der Waals surface area (Å²) in [6.45, 7) is 5.63. The first-order valence-electron chi connectivity index (χ1n) is 5.44. The minimum absolute atomic E-state index is 0.351. The summed E-state index contributed by atoms with van der Waals surface area (Å²) >= 11 is 0. The normalized spacial score (nSPS) is 10.9. The van der Waals surface area contributed by atoms with Crippen molar-refractivity contribution < 1.29 is 4.74 Å². The van der Waals surface area contributed by atoms with Crippen molar-refractivity contribution in [2.75, 3.05) is 32.6 Å². The number of aromatic nitrogens is 2. The molecule has 0 unspecified atom stereocenters. The van der Waals surface area contributed by atoms with E-state index in [2.05, 4.69) is 34.0 Å². The summed E-state index contributed by atoms with van der Waals surface area (Å²) in [4.78, 5) is 10.2. The van der Waals surface area contributed by atoms with Gasteiger partial charge in [-0.15, -0.1) is 0 Å². The van der Waals surface area contributed by atoms with E-state index in [1.165, 1.54) is 6.33 Å². The molecule has 0 spiro atoms. The second kappa shape index (κ2) is 6.27. The van der Waals surface area contributed by atoms with Crippen LogP contribution in [0.4, 0.5) is 5.82 Å². The van der Waals surface area contributed by atoms with E-state index < -0.39 is 0 Å². The van der Waals surface area contributed by atoms with Crippen molar-refractivity contribution in [2.24, 2.45) is 0 Å². The lowest BCUT2D eigenvalue weighted by Crippen LogP contribution is -2.19. The van der Waals surface area contributed by atoms with E-state index >= 15 is 0 Å². The fourth-order valence-corrected chi connectivity index (χ4v) is 1.13. The molecule has 5 heteroatoms. The van der Waals surface area contributed by atoms with Crippen LogP contribution in [0, 0.1) is 0 Å². The number of hydrogen-bond acceptors (Lipinski definition) is 5. The number of rotatable bonds is 6. The number of ether oxygens (including phenoxy) is 1. The average molecular weight is 224 g/mol. The zero-order valence-corrected chi connectivity index (χ0v) is 10.4. The maximum Gasteiger partial charge on any atom is 0.218 e. The van der Waals surface area contributed by atoms with Gasteiger partial charge < -0.3 is 15.0 Å². The Morgan fingerprint density at radius 1 is 1.38 bits per heavy atom. The number of likely N-dealkylation sites (N-methyl/N-ethyl adjacent to an activating group) is 1. The first-order chi connectivity index (χ1) is 7.58. The lowest BCUT2D eigenvalue weighted by Gasteiger charge is -2.12. The molecule has 0 fully saturated rings. The van der Waals surface area contributed by atoms with Gasteiger partial charge in [0.05, 0.1) is 0 Å². The van der Waals surface area contributed by atoms with Gasteiger partial charge in [-0.25, -0.2) is 9.97 Å². The van der Waals surface area contributed by atoms with Gasteiger partial charge in [0.1, 0.15) is 18.8 Å². The number of anilines is 1. The Morgan fingerprint density at radius 3 is 2.75 bits per heavy atom. The summed E-state index contributed by atoms with van der Waals surface area (Å²) in [5, 5.41) is 3.20. The molecule has 1 N–H and O–H groups in total. The highest BCUT2D eigenvalue weighted by Crippen LogP contribution is 2.11. The standard InChI is InChI=1S/C11H20N4O/c1-9(2)14-10-7-11(13-8-12-10)16-6-5-15(3)4/h7-9H,5-6H2,1-4H3,(H,12,13,14). The Bertz CT molecular complexity index is 315. The second-order valence-corrected chi connectivity index (χ2v) is 4.19. The average Bonchev–Trinajstić information content (AvgIpc) is 2.16. The third-order valence-corrected chi connectivity index (χ3v) is 1.87. The van der Waals surface area contributed by atoms with Crippen LogP contribution in [0.1, 0.15) is 13.8 Å². The van der Waals surface area contributed by atoms with Gasteiger partial charge in [-0.1, -0.05) is 0 Å². The Hall–Kier alpha value is -1.36. The van der Waals surface area contributed by atoms with E-state index in [4.69, 9.17) is 4.74 Å². The zero-order chi connectivity index (χ0) is 12.0. The molecular formula is C11H20N4O. The number of nitrogens with zero attached hydrogens (tertiary/aromatic N) is 3. The Balaban J connectivity index is 2.47. The number of hydrogen-bond donors (Lipinski definition) is 1. The largest absolute Gasteiger partial charge is 0.476 e. The van der Waals surface area contributed by atoms with Crippen LogP contribution >= 0.6 is 0 Å². The van der Waals surface area contributed by atoms with Gasteiger partial charge in [-0.3, -0.25) is 0 Å². The van der Waals surface area contributed by atoms with Crippen LogP contribution in [0.3, 0.4) is 0 Å². The van der Waals surface area contributed by atoms with Crippen LogP contribution in [0.5, 0.6) is 5.88 Å². The molecule has 1 aromatic heterocycles. The SMILES string of the molecule is CC(C)Nc1cc(OCCN(C)C)ncn1. The fraction of sp³-hybridized carbons (Fsp3) is 0.636. The molecule has 5 nitrogen and oxygen atoms in total. The molecule has 0 atom stereocenters. The Morgan fingerprint density at radius 2 is 2.12 bits per heavy atom. The van der Waals surface area contributed by atoms with Gasteiger partial charge in [0.15, 0.2) is 0 Å². The van der Waals surface area contributed by atoms with Gasteiger partial charge in [0, 0.05) is 18.7 Å². The van der Waals surface area contributed by atoms with Crippen molar-refractivity contribution in [3.63, 3.8) is 0 Å². The van der Waals surface area contributed by atoms with Crippen molar-refractivity contribution in [1.82, 2.24) is 14.9 Å². The molecule has 0 aliphatic heterocycles. The fourth-order valence-electron chi connectivity index (χ4n) is 1.13. The highest BCUT2D eigenvalue weighted by molar-refractivity contribution is 5.37. The van der Waals surface area contributed by atoms with Crippen LogP contribution in [0.2, 0.25) is 0 Å². The molecule has 0 aromatic carbocycles. The summed E-state index contributed by atoms with van der Waals surface area (Å²) in [5.41, 5.74) is 0. The Kier molecular flexibility index (Phi) is 4.98. The van der Waals surface area contributed by atoms with Crippen molar-refractivity contribution in [1.29, 1.82) is 0 Å². The maximum atomic E-state index is 5.51. The molecule has 0 saturated carbocycles. The predicted octanol–water partition coefficient (Wildman–Crippen LogP) is 1.24. The van der Waals surface area contributed by atoms with E-state index in [0.717, 1.165) is 12.4 Å². The summed E-state index contributed by atoms with van der Waals surface area (Å²) < 4.78 is 5.51. The topological polar surface area (TPSA) is 50.3 Å². The third-order valence-electron chi connectivity index (χ3n) is 1.87.